The van der Waals surface area contributed by atoms with E-state index in [1.54, 1.807) is 5.92 Å². The number of hydrogen-bond donors (Lipinski definition) is 0. The Morgan fingerprint density at radius 1 is 1.00 bits per heavy atom. The molecule has 1 heteroatoms. The fraction of sp³-hybridized carbons (Fsp3) is 0.875. The van der Waals surface area contributed by atoms with Crippen molar-refractivity contribution in [1.29, 1.82) is 0 Å². The Morgan fingerprint density at radius 3 is 1.22 bits per heavy atom. The van der Waals surface area contributed by atoms with Crippen molar-refractivity contribution in [3.8, 4) is 0 Å². The van der Waals surface area contributed by atoms with Crippen LogP contribution in [0, 0.1) is 5.92 Å². The maximum atomic E-state index is 2.19. The summed E-state index contributed by atoms with van der Waals surface area (Å²) in [4.78, 5) is 0. The van der Waals surface area contributed by atoms with Crippen LogP contribution >= 0.6 is 0 Å². The molecule has 0 aromatic rings. The quantitative estimate of drug-likeness (QED) is 0.604. The van der Waals surface area contributed by atoms with Gasteiger partial charge in [-0.2, -0.15) is 19.8 Å². The SMILES string of the molecule is C.C.CC[C-](C)CC.[Y]. The third-order valence-corrected chi connectivity index (χ3v) is 1.21. The van der Waals surface area contributed by atoms with E-state index in [1.807, 2.05) is 0 Å². The summed E-state index contributed by atoms with van der Waals surface area (Å²) < 4.78 is 0. The molecule has 0 N–H and O–H groups in total. The summed E-state index contributed by atoms with van der Waals surface area (Å²) in [6, 6.07) is 0. The molecule has 0 saturated heterocycles. The van der Waals surface area contributed by atoms with E-state index in [1.165, 1.54) is 12.8 Å². The Labute approximate surface area is 86.7 Å². The van der Waals surface area contributed by atoms with Crippen molar-refractivity contribution in [2.45, 2.75) is 48.5 Å². The molecule has 0 amide bonds. The molecule has 1 radical (unpaired) electrons. The van der Waals surface area contributed by atoms with Crippen LogP contribution in [0.1, 0.15) is 48.5 Å². The first-order valence-electron chi connectivity index (χ1n) is 2.62. The van der Waals surface area contributed by atoms with Gasteiger partial charge < -0.3 is 5.92 Å². The molecule has 0 spiro atoms. The third kappa shape index (κ3) is 17.6. The standard InChI is InChI=1S/C6H13.2CH4.Y/c1-4-6(3)5-2;;;/h4-5H2,1-3H3;2*1H4;/q-1;;;. The van der Waals surface area contributed by atoms with Crippen LogP contribution in [-0.4, -0.2) is 0 Å². The second-order valence-corrected chi connectivity index (χ2v) is 1.66. The predicted molar refractivity (Wildman–Crippen MR) is 43.0 cm³/mol. The molecule has 0 bridgehead atoms. The van der Waals surface area contributed by atoms with Crippen molar-refractivity contribution in [3.05, 3.63) is 5.92 Å². The van der Waals surface area contributed by atoms with Gasteiger partial charge >= 0.3 is 0 Å². The van der Waals surface area contributed by atoms with E-state index < -0.39 is 0 Å². The van der Waals surface area contributed by atoms with Gasteiger partial charge in [-0.1, -0.05) is 28.7 Å². The molecular formula is C8H21Y-. The molecule has 0 aliphatic carbocycles. The molecule has 0 unspecified atom stereocenters. The summed E-state index contributed by atoms with van der Waals surface area (Å²) >= 11 is 0. The number of rotatable bonds is 2. The van der Waals surface area contributed by atoms with Crippen LogP contribution in [0.15, 0.2) is 0 Å². The first-order chi connectivity index (χ1) is 2.81. The summed E-state index contributed by atoms with van der Waals surface area (Å²) in [7, 11) is 0. The van der Waals surface area contributed by atoms with Gasteiger partial charge in [0, 0.05) is 32.7 Å². The first kappa shape index (κ1) is 22.5. The Hall–Kier alpha value is 1.10. The zero-order chi connectivity index (χ0) is 4.99. The van der Waals surface area contributed by atoms with E-state index >= 15 is 0 Å². The van der Waals surface area contributed by atoms with Gasteiger partial charge in [-0.15, -0.1) is 0 Å². The van der Waals surface area contributed by atoms with Gasteiger partial charge in [-0.05, 0) is 0 Å². The third-order valence-electron chi connectivity index (χ3n) is 1.21. The molecule has 0 aliphatic rings. The van der Waals surface area contributed by atoms with Gasteiger partial charge in [-0.25, -0.2) is 0 Å². The topological polar surface area (TPSA) is 0 Å². The van der Waals surface area contributed by atoms with Gasteiger partial charge in [0.05, 0.1) is 0 Å². The van der Waals surface area contributed by atoms with E-state index in [0.29, 0.717) is 0 Å². The minimum absolute atomic E-state index is 0. The summed E-state index contributed by atoms with van der Waals surface area (Å²) in [5.41, 5.74) is 0. The van der Waals surface area contributed by atoms with Crippen molar-refractivity contribution in [2.24, 2.45) is 0 Å². The van der Waals surface area contributed by atoms with Gasteiger partial charge in [0.25, 0.3) is 0 Å². The fourth-order valence-corrected chi connectivity index (χ4v) is 0.250. The molecule has 57 valence electrons. The summed E-state index contributed by atoms with van der Waals surface area (Å²) in [5.74, 6) is 1.59. The molecule has 0 fully saturated rings. The molecule has 0 heterocycles. The van der Waals surface area contributed by atoms with Crippen LogP contribution in [0.25, 0.3) is 0 Å². The molecule has 0 rings (SSSR count). The van der Waals surface area contributed by atoms with Crippen LogP contribution in [0.2, 0.25) is 0 Å². The average Bonchev–Trinajstić information content (AvgIpc) is 1.65. The molecule has 0 aromatic carbocycles. The van der Waals surface area contributed by atoms with E-state index in [2.05, 4.69) is 20.8 Å². The van der Waals surface area contributed by atoms with Gasteiger partial charge in [-0.3, -0.25) is 0 Å². The van der Waals surface area contributed by atoms with Crippen LogP contribution in [0.3, 0.4) is 0 Å². The van der Waals surface area contributed by atoms with Gasteiger partial charge in [0.2, 0.25) is 0 Å². The zero-order valence-corrected chi connectivity index (χ0v) is 8.33. The minimum atomic E-state index is 0. The Kier molecular flexibility index (Phi) is 40.1. The Balaban J connectivity index is -0.0000000417. The molecule has 9 heavy (non-hydrogen) atoms. The predicted octanol–water partition coefficient (Wildman–Crippen LogP) is 3.67. The Morgan fingerprint density at radius 2 is 1.22 bits per heavy atom. The van der Waals surface area contributed by atoms with Crippen LogP contribution in [-0.2, 0) is 32.7 Å². The van der Waals surface area contributed by atoms with Crippen molar-refractivity contribution in [2.75, 3.05) is 0 Å². The molecular weight excluding hydrogens is 185 g/mol. The minimum Gasteiger partial charge on any atom is -0.317 e. The Bertz CT molecular complexity index is 23.7. The largest absolute Gasteiger partial charge is 0.317 e. The van der Waals surface area contributed by atoms with Crippen molar-refractivity contribution < 1.29 is 32.7 Å². The average molecular weight is 206 g/mol. The normalized spacial score (nSPS) is 6.67. The van der Waals surface area contributed by atoms with Crippen molar-refractivity contribution in [1.82, 2.24) is 0 Å². The summed E-state index contributed by atoms with van der Waals surface area (Å²) in [5, 5.41) is 0. The molecule has 0 atom stereocenters. The zero-order valence-electron chi connectivity index (χ0n) is 5.49. The smallest absolute Gasteiger partial charge is 0 e. The van der Waals surface area contributed by atoms with E-state index in [-0.39, 0.29) is 47.6 Å². The molecule has 0 nitrogen and oxygen atoms in total. The fourth-order valence-electron chi connectivity index (χ4n) is 0.250. The van der Waals surface area contributed by atoms with E-state index in [0.717, 1.165) is 0 Å². The van der Waals surface area contributed by atoms with Gasteiger partial charge in [0.15, 0.2) is 0 Å². The van der Waals surface area contributed by atoms with Crippen molar-refractivity contribution >= 4 is 0 Å². The van der Waals surface area contributed by atoms with Gasteiger partial charge in [0.1, 0.15) is 0 Å². The van der Waals surface area contributed by atoms with Crippen LogP contribution < -0.4 is 0 Å². The monoisotopic (exact) mass is 206 g/mol. The maximum Gasteiger partial charge on any atom is 0 e. The van der Waals surface area contributed by atoms with E-state index in [9.17, 15) is 0 Å². The molecule has 0 aromatic heterocycles. The summed E-state index contributed by atoms with van der Waals surface area (Å²) in [6.07, 6.45) is 2.49. The van der Waals surface area contributed by atoms with E-state index in [4.69, 9.17) is 0 Å². The first-order valence-corrected chi connectivity index (χ1v) is 2.62. The van der Waals surface area contributed by atoms with Crippen LogP contribution in [0.5, 0.6) is 0 Å². The summed E-state index contributed by atoms with van der Waals surface area (Å²) in [6.45, 7) is 6.58. The molecule has 0 aliphatic heterocycles. The number of hydrogen-bond acceptors (Lipinski definition) is 0. The maximum absolute atomic E-state index is 2.19. The second kappa shape index (κ2) is 16.0. The molecule has 0 saturated carbocycles. The second-order valence-electron chi connectivity index (χ2n) is 1.66. The van der Waals surface area contributed by atoms with Crippen LogP contribution in [0.4, 0.5) is 0 Å². The van der Waals surface area contributed by atoms with Crippen molar-refractivity contribution in [3.63, 3.8) is 0 Å².